The van der Waals surface area contributed by atoms with E-state index in [1.807, 2.05) is 0 Å². The van der Waals surface area contributed by atoms with E-state index in [4.69, 9.17) is 0 Å². The van der Waals surface area contributed by atoms with E-state index < -0.39 is 10.0 Å². The summed E-state index contributed by atoms with van der Waals surface area (Å²) < 4.78 is 27.1. The third-order valence-corrected chi connectivity index (χ3v) is 4.56. The Morgan fingerprint density at radius 1 is 1.20 bits per heavy atom. The summed E-state index contributed by atoms with van der Waals surface area (Å²) in [5.74, 6) is 0. The quantitative estimate of drug-likeness (QED) is 0.561. The fourth-order valence-corrected chi connectivity index (χ4v) is 3.27. The Balaban J connectivity index is 2.07. The van der Waals surface area contributed by atoms with Gasteiger partial charge in [-0.3, -0.25) is 4.72 Å². The number of rotatable bonds is 3. The van der Waals surface area contributed by atoms with E-state index in [1.54, 1.807) is 6.07 Å². The molecule has 0 fully saturated rings. The molecule has 2 aromatic heterocycles. The Morgan fingerprint density at radius 3 is 2.55 bits per heavy atom. The van der Waals surface area contributed by atoms with Gasteiger partial charge in [0.15, 0.2) is 5.03 Å². The van der Waals surface area contributed by atoms with E-state index in [2.05, 4.69) is 40.6 Å². The first-order chi connectivity index (χ1) is 9.45. The average Bonchev–Trinajstić information content (AvgIpc) is 2.98. The van der Waals surface area contributed by atoms with Crippen LogP contribution in [0.1, 0.15) is 0 Å². The number of hydrogen-bond acceptors (Lipinski definition) is 4. The number of aromatic amines is 3. The molecule has 0 saturated heterocycles. The molecule has 3 rings (SSSR count). The Kier molecular flexibility index (Phi) is 2.91. The van der Waals surface area contributed by atoms with Gasteiger partial charge in [0.05, 0.1) is 29.2 Å². The lowest BCUT2D eigenvalue weighted by Gasteiger charge is -2.08. The normalized spacial score (nSPS) is 11.8. The third-order valence-electron chi connectivity index (χ3n) is 2.61. The maximum absolute atomic E-state index is 12.1. The number of sulfonamides is 1. The van der Waals surface area contributed by atoms with Crippen LogP contribution in [0, 0.1) is 0 Å². The van der Waals surface area contributed by atoms with Crippen LogP contribution in [-0.4, -0.2) is 28.4 Å². The highest BCUT2D eigenvalue weighted by Gasteiger charge is 2.17. The Hall–Kier alpha value is -2.07. The van der Waals surface area contributed by atoms with Crippen LogP contribution in [0.15, 0.2) is 39.0 Å². The number of aromatic nitrogens is 4. The smallest absolute Gasteiger partial charge is 0.323 e. The highest BCUT2D eigenvalue weighted by atomic mass is 79.9. The van der Waals surface area contributed by atoms with Crippen LogP contribution in [0.4, 0.5) is 5.69 Å². The van der Waals surface area contributed by atoms with Gasteiger partial charge in [-0.05, 0) is 28.1 Å². The highest BCUT2D eigenvalue weighted by Crippen LogP contribution is 2.28. The van der Waals surface area contributed by atoms with Gasteiger partial charge in [0.25, 0.3) is 10.0 Å². The van der Waals surface area contributed by atoms with Gasteiger partial charge in [-0.15, -0.1) is 0 Å². The lowest BCUT2D eigenvalue weighted by Crippen LogP contribution is -2.13. The topological polar surface area (TPSA) is 124 Å². The zero-order valence-corrected chi connectivity index (χ0v) is 12.2. The molecule has 2 heterocycles. The summed E-state index contributed by atoms with van der Waals surface area (Å²) in [5, 5.41) is -0.0490. The maximum atomic E-state index is 12.1. The molecule has 0 aliphatic rings. The van der Waals surface area contributed by atoms with E-state index in [1.165, 1.54) is 18.6 Å². The van der Waals surface area contributed by atoms with Gasteiger partial charge in [0.1, 0.15) is 0 Å². The number of H-pyrrole nitrogens is 3. The minimum atomic E-state index is -3.75. The van der Waals surface area contributed by atoms with E-state index in [-0.39, 0.29) is 10.7 Å². The van der Waals surface area contributed by atoms with Gasteiger partial charge in [-0.2, -0.15) is 8.42 Å². The standard InChI is InChI=1S/C10H8BrN5O3S/c11-5-1-7-8(15-10(17)14-7)2-6(5)16-20(18,19)9-3-12-4-13-9/h1-4,16H,(H,12,13)(H2,14,15,17). The van der Waals surface area contributed by atoms with Crippen molar-refractivity contribution < 1.29 is 8.42 Å². The predicted octanol–water partition coefficient (Wildman–Crippen LogP) is 1.14. The molecule has 1 aromatic carbocycles. The maximum Gasteiger partial charge on any atom is 0.323 e. The lowest BCUT2D eigenvalue weighted by molar-refractivity contribution is 0.598. The summed E-state index contributed by atoms with van der Waals surface area (Å²) in [4.78, 5) is 22.5. The number of halogens is 1. The van der Waals surface area contributed by atoms with Crippen LogP contribution in [0.3, 0.4) is 0 Å². The summed E-state index contributed by atoms with van der Waals surface area (Å²) >= 11 is 3.25. The molecule has 0 atom stereocenters. The average molecular weight is 358 g/mol. The van der Waals surface area contributed by atoms with Gasteiger partial charge in [0, 0.05) is 4.47 Å². The SMILES string of the molecule is O=c1[nH]c2cc(Br)c(NS(=O)(=O)c3cnc[nH]3)cc2[nH]1. The number of benzene rings is 1. The van der Waals surface area contributed by atoms with Crippen LogP contribution in [-0.2, 0) is 10.0 Å². The molecule has 0 aliphatic carbocycles. The first-order valence-electron chi connectivity index (χ1n) is 5.38. The van der Waals surface area contributed by atoms with Crippen LogP contribution >= 0.6 is 15.9 Å². The highest BCUT2D eigenvalue weighted by molar-refractivity contribution is 9.10. The Bertz CT molecular complexity index is 926. The fourth-order valence-electron chi connectivity index (χ4n) is 1.72. The molecule has 0 saturated carbocycles. The van der Waals surface area contributed by atoms with Crippen LogP contribution in [0.2, 0.25) is 0 Å². The monoisotopic (exact) mass is 357 g/mol. The molecule has 20 heavy (non-hydrogen) atoms. The number of imidazole rings is 2. The Labute approximate surface area is 120 Å². The van der Waals surface area contributed by atoms with Gasteiger partial charge in [-0.1, -0.05) is 0 Å². The summed E-state index contributed by atoms with van der Waals surface area (Å²) in [7, 11) is -3.75. The van der Waals surface area contributed by atoms with Crippen molar-refractivity contribution in [2.75, 3.05) is 4.72 Å². The summed E-state index contributed by atoms with van der Waals surface area (Å²) in [6.07, 6.45) is 2.48. The third kappa shape index (κ3) is 2.23. The van der Waals surface area contributed by atoms with Gasteiger partial charge >= 0.3 is 5.69 Å². The van der Waals surface area contributed by atoms with Crippen LogP contribution < -0.4 is 10.4 Å². The minimum Gasteiger partial charge on any atom is -0.334 e. The molecule has 0 bridgehead atoms. The van der Waals surface area contributed by atoms with Crippen molar-refractivity contribution in [3.8, 4) is 0 Å². The van der Waals surface area contributed by atoms with Crippen LogP contribution in [0.5, 0.6) is 0 Å². The molecule has 8 nitrogen and oxygen atoms in total. The molecule has 0 unspecified atom stereocenters. The second-order valence-electron chi connectivity index (χ2n) is 3.98. The van der Waals surface area contributed by atoms with Gasteiger partial charge < -0.3 is 15.0 Å². The number of nitrogens with one attached hydrogen (secondary N) is 4. The number of fused-ring (bicyclic) bond motifs is 1. The summed E-state index contributed by atoms with van der Waals surface area (Å²) in [5.41, 5.74) is 1.02. The second-order valence-corrected chi connectivity index (χ2v) is 6.48. The van der Waals surface area contributed by atoms with Crippen molar-refractivity contribution in [3.63, 3.8) is 0 Å². The van der Waals surface area contributed by atoms with Crippen molar-refractivity contribution in [2.24, 2.45) is 0 Å². The molecule has 0 radical (unpaired) electrons. The number of hydrogen-bond donors (Lipinski definition) is 4. The first-order valence-corrected chi connectivity index (χ1v) is 7.66. The molecular weight excluding hydrogens is 350 g/mol. The van der Waals surface area contributed by atoms with E-state index in [9.17, 15) is 13.2 Å². The zero-order chi connectivity index (χ0) is 14.3. The van der Waals surface area contributed by atoms with Gasteiger partial charge in [0.2, 0.25) is 0 Å². The van der Waals surface area contributed by atoms with E-state index in [0.717, 1.165) is 0 Å². The van der Waals surface area contributed by atoms with Crippen molar-refractivity contribution in [1.29, 1.82) is 0 Å². The molecule has 0 spiro atoms. The number of nitrogens with zero attached hydrogens (tertiary/aromatic N) is 1. The largest absolute Gasteiger partial charge is 0.334 e. The van der Waals surface area contributed by atoms with Crippen molar-refractivity contribution in [3.05, 3.63) is 39.6 Å². The van der Waals surface area contributed by atoms with Crippen molar-refractivity contribution in [2.45, 2.75) is 5.03 Å². The zero-order valence-electron chi connectivity index (χ0n) is 9.77. The lowest BCUT2D eigenvalue weighted by atomic mass is 10.3. The number of anilines is 1. The van der Waals surface area contributed by atoms with Crippen molar-refractivity contribution >= 4 is 42.7 Å². The fraction of sp³-hybridized carbons (Fsp3) is 0. The Morgan fingerprint density at radius 2 is 1.90 bits per heavy atom. The first kappa shape index (κ1) is 12.9. The van der Waals surface area contributed by atoms with Crippen molar-refractivity contribution in [1.82, 2.24) is 19.9 Å². The van der Waals surface area contributed by atoms with Crippen LogP contribution in [0.25, 0.3) is 11.0 Å². The predicted molar refractivity (Wildman–Crippen MR) is 76.0 cm³/mol. The molecule has 0 amide bonds. The van der Waals surface area contributed by atoms with E-state index >= 15 is 0 Å². The molecule has 0 aliphatic heterocycles. The molecule has 3 aromatic rings. The summed E-state index contributed by atoms with van der Waals surface area (Å²) in [6.45, 7) is 0. The van der Waals surface area contributed by atoms with E-state index in [0.29, 0.717) is 21.2 Å². The molecule has 104 valence electrons. The minimum absolute atomic E-state index is 0.0490. The second kappa shape index (κ2) is 4.49. The molecule has 10 heteroatoms. The molecule has 4 N–H and O–H groups in total. The molecular formula is C10H8BrN5O3S. The summed E-state index contributed by atoms with van der Waals surface area (Å²) in [6, 6.07) is 3.13. The van der Waals surface area contributed by atoms with Gasteiger partial charge in [-0.25, -0.2) is 9.78 Å².